The summed E-state index contributed by atoms with van der Waals surface area (Å²) in [5.74, 6) is -10.3. The Morgan fingerprint density at radius 3 is 2.21 bits per heavy atom. The van der Waals surface area contributed by atoms with E-state index in [0.717, 1.165) is 5.56 Å². The highest BCUT2D eigenvalue weighted by Crippen LogP contribution is 2.51. The van der Waals surface area contributed by atoms with Gasteiger partial charge in [-0.2, -0.15) is 0 Å². The van der Waals surface area contributed by atoms with Crippen molar-refractivity contribution in [1.82, 2.24) is 4.90 Å². The smallest absolute Gasteiger partial charge is 0.235 e. The van der Waals surface area contributed by atoms with Gasteiger partial charge in [0.2, 0.25) is 5.91 Å². The topological polar surface area (TPSA) is 181 Å². The van der Waals surface area contributed by atoms with Gasteiger partial charge in [-0.05, 0) is 85.4 Å². The van der Waals surface area contributed by atoms with Crippen LogP contribution in [0.2, 0.25) is 0 Å². The number of hydrogen-bond acceptors (Lipinski definition) is 10. The zero-order valence-corrected chi connectivity index (χ0v) is 26.1. The molecule has 6 atom stereocenters. The van der Waals surface area contributed by atoms with Crippen molar-refractivity contribution >= 4 is 34.8 Å². The molecule has 0 radical (unpaired) electrons. The molecule has 3 unspecified atom stereocenters. The number of ketones is 5. The van der Waals surface area contributed by atoms with E-state index in [9.17, 15) is 39.0 Å². The molecule has 3 aliphatic carbocycles. The predicted molar refractivity (Wildman–Crippen MR) is 168 cm³/mol. The minimum Gasteiger partial charge on any atom is -0.507 e. The largest absolute Gasteiger partial charge is 0.507 e. The van der Waals surface area contributed by atoms with E-state index >= 15 is 0 Å². The first-order valence-corrected chi connectivity index (χ1v) is 15.3. The van der Waals surface area contributed by atoms with Crippen molar-refractivity contribution < 1.29 is 43.7 Å². The lowest BCUT2D eigenvalue weighted by atomic mass is 9.52. The first kappa shape index (κ1) is 32.0. The Balaban J connectivity index is 1.34. The lowest BCUT2D eigenvalue weighted by molar-refractivity contribution is -0.181. The SMILES string of the molecule is COc1ccc(C(=O)Cc2ccc(-c3ccc(O)c4c3C[C@@H]3C[C@@H]5C(N(C)C)C(=O)C(C(N)=O)C(=O)[C@]5(O)C(=O)C3C4=O)cc2)cc1. The third kappa shape index (κ3) is 4.97. The highest BCUT2D eigenvalue weighted by atomic mass is 16.5. The number of hydrogen-bond donors (Lipinski definition) is 3. The number of primary amides is 1. The van der Waals surface area contributed by atoms with Crippen LogP contribution in [0.15, 0.2) is 60.7 Å². The highest BCUT2D eigenvalue weighted by molar-refractivity contribution is 6.32. The molecule has 2 saturated carbocycles. The fraction of sp³-hybridized carbons (Fsp3) is 0.333. The average Bonchev–Trinajstić information content (AvgIpc) is 3.03. The molecule has 11 heteroatoms. The van der Waals surface area contributed by atoms with E-state index in [0.29, 0.717) is 28.0 Å². The maximum atomic E-state index is 14.0. The summed E-state index contributed by atoms with van der Waals surface area (Å²) in [6, 6.07) is 16.0. The van der Waals surface area contributed by atoms with Gasteiger partial charge in [-0.25, -0.2) is 0 Å². The van der Waals surface area contributed by atoms with Crippen molar-refractivity contribution in [3.05, 3.63) is 82.9 Å². The Kier molecular flexibility index (Phi) is 7.93. The number of nitrogens with two attached hydrogens (primary N) is 1. The van der Waals surface area contributed by atoms with Crippen LogP contribution in [0.5, 0.6) is 11.5 Å². The van der Waals surface area contributed by atoms with E-state index in [1.54, 1.807) is 51.5 Å². The number of phenols is 1. The van der Waals surface area contributed by atoms with Crippen LogP contribution < -0.4 is 10.5 Å². The number of ether oxygens (including phenoxy) is 1. The third-order valence-corrected chi connectivity index (χ3v) is 9.99. The number of amides is 1. The van der Waals surface area contributed by atoms with Crippen LogP contribution in [0, 0.1) is 23.7 Å². The van der Waals surface area contributed by atoms with Crippen LogP contribution in [-0.2, 0) is 32.0 Å². The number of aromatic hydroxyl groups is 1. The molecule has 0 aromatic heterocycles. The summed E-state index contributed by atoms with van der Waals surface area (Å²) in [7, 11) is 4.63. The molecule has 3 aromatic rings. The van der Waals surface area contributed by atoms with E-state index in [2.05, 4.69) is 0 Å². The lowest BCUT2D eigenvalue weighted by Crippen LogP contribution is -2.74. The summed E-state index contributed by atoms with van der Waals surface area (Å²) in [6.07, 6.45) is 0.273. The molecule has 3 aliphatic rings. The monoisotopic (exact) mass is 638 g/mol. The molecule has 242 valence electrons. The second kappa shape index (κ2) is 11.7. The Morgan fingerprint density at radius 2 is 1.62 bits per heavy atom. The van der Waals surface area contributed by atoms with Gasteiger partial charge >= 0.3 is 0 Å². The van der Waals surface area contributed by atoms with Gasteiger partial charge in [-0.3, -0.25) is 33.7 Å². The second-order valence-corrected chi connectivity index (χ2v) is 12.8. The van der Waals surface area contributed by atoms with Crippen LogP contribution in [0.4, 0.5) is 0 Å². The van der Waals surface area contributed by atoms with Crippen LogP contribution >= 0.6 is 0 Å². The number of carbonyl (C=O) groups excluding carboxylic acids is 6. The Morgan fingerprint density at radius 1 is 0.957 bits per heavy atom. The molecule has 0 heterocycles. The number of likely N-dealkylation sites (N-methyl/N-ethyl adjacent to an activating group) is 1. The number of carbonyl (C=O) groups is 6. The maximum Gasteiger partial charge on any atom is 0.235 e. The van der Waals surface area contributed by atoms with Gasteiger partial charge in [-0.1, -0.05) is 30.3 Å². The number of methoxy groups -OCH3 is 1. The molecule has 1 amide bonds. The second-order valence-electron chi connectivity index (χ2n) is 12.8. The van der Waals surface area contributed by atoms with Crippen molar-refractivity contribution in [2.24, 2.45) is 29.4 Å². The summed E-state index contributed by atoms with van der Waals surface area (Å²) < 4.78 is 5.15. The van der Waals surface area contributed by atoms with E-state index in [1.807, 2.05) is 24.3 Å². The normalized spacial score (nSPS) is 26.8. The van der Waals surface area contributed by atoms with Gasteiger partial charge in [-0.15, -0.1) is 0 Å². The first-order chi connectivity index (χ1) is 22.3. The molecule has 47 heavy (non-hydrogen) atoms. The minimum atomic E-state index is -2.77. The van der Waals surface area contributed by atoms with Crippen molar-refractivity contribution in [3.63, 3.8) is 0 Å². The number of phenolic OH excluding ortho intramolecular Hbond substituents is 1. The number of fused-ring (bicyclic) bond motifs is 3. The number of aliphatic hydroxyl groups is 1. The Labute approximate surface area is 270 Å². The molecular formula is C36H34N2O9. The minimum absolute atomic E-state index is 0.0363. The van der Waals surface area contributed by atoms with Gasteiger partial charge in [0.25, 0.3) is 0 Å². The summed E-state index contributed by atoms with van der Waals surface area (Å²) >= 11 is 0. The Bertz CT molecular complexity index is 1850. The van der Waals surface area contributed by atoms with Crippen LogP contribution in [-0.4, -0.2) is 82.8 Å². The van der Waals surface area contributed by atoms with Gasteiger partial charge in [0, 0.05) is 17.9 Å². The van der Waals surface area contributed by atoms with Crippen molar-refractivity contribution in [1.29, 1.82) is 0 Å². The molecule has 4 N–H and O–H groups in total. The van der Waals surface area contributed by atoms with E-state index in [4.69, 9.17) is 10.5 Å². The molecule has 6 rings (SSSR count). The summed E-state index contributed by atoms with van der Waals surface area (Å²) in [5, 5.41) is 22.6. The zero-order chi connectivity index (χ0) is 33.9. The van der Waals surface area contributed by atoms with Crippen molar-refractivity contribution in [2.45, 2.75) is 30.9 Å². The first-order valence-electron chi connectivity index (χ1n) is 15.3. The van der Waals surface area contributed by atoms with Gasteiger partial charge in [0.05, 0.1) is 24.6 Å². The fourth-order valence-corrected chi connectivity index (χ4v) is 7.74. The number of Topliss-reactive ketones (excluding diaryl/α,β-unsaturated/α-hetero) is 5. The fourth-order valence-electron chi connectivity index (χ4n) is 7.74. The van der Waals surface area contributed by atoms with Crippen molar-refractivity contribution in [3.8, 4) is 22.6 Å². The van der Waals surface area contributed by atoms with Gasteiger partial charge < -0.3 is 20.7 Å². The average molecular weight is 639 g/mol. The molecule has 0 bridgehead atoms. The van der Waals surface area contributed by atoms with Crippen LogP contribution in [0.1, 0.15) is 38.3 Å². The van der Waals surface area contributed by atoms with E-state index < -0.39 is 64.4 Å². The number of rotatable bonds is 7. The molecule has 0 saturated heterocycles. The van der Waals surface area contributed by atoms with Gasteiger partial charge in [0.1, 0.15) is 11.5 Å². The summed E-state index contributed by atoms with van der Waals surface area (Å²) in [4.78, 5) is 81.3. The Hall–Kier alpha value is -5.00. The maximum absolute atomic E-state index is 14.0. The predicted octanol–water partition coefficient (Wildman–Crippen LogP) is 1.97. The molecule has 0 spiro atoms. The molecule has 2 fully saturated rings. The van der Waals surface area contributed by atoms with E-state index in [-0.39, 0.29) is 36.4 Å². The molecular weight excluding hydrogens is 604 g/mol. The standard InChI is InChI=1S/C36H34N2O9/c1-38(2)30-24-16-20-15-23-22(18-6-4-17(5-7-18)14-26(40)19-8-10-21(47-3)11-9-19)12-13-25(39)28(23)31(41)27(20)33(43)36(24,46)34(44)29(32(30)42)35(37)45/h4-13,20,24,27,29-30,39,46H,14-16H2,1-3H3,(H2,37,45)/t20-,24-,27?,29?,30?,36-/m1/s1. The summed E-state index contributed by atoms with van der Waals surface area (Å²) in [5.41, 5.74) is 5.70. The quantitative estimate of drug-likeness (QED) is 0.256. The van der Waals surface area contributed by atoms with Crippen LogP contribution in [0.3, 0.4) is 0 Å². The summed E-state index contributed by atoms with van der Waals surface area (Å²) in [6.45, 7) is 0. The molecule has 11 nitrogen and oxygen atoms in total. The zero-order valence-electron chi connectivity index (χ0n) is 26.1. The third-order valence-electron chi connectivity index (χ3n) is 9.99. The molecule has 0 aliphatic heterocycles. The lowest BCUT2D eigenvalue weighted by Gasteiger charge is -2.52. The van der Waals surface area contributed by atoms with Gasteiger partial charge in [0.15, 0.2) is 40.4 Å². The van der Waals surface area contributed by atoms with Crippen molar-refractivity contribution in [2.75, 3.05) is 21.2 Å². The van der Waals surface area contributed by atoms with E-state index in [1.165, 1.54) is 11.0 Å². The number of benzene rings is 3. The van der Waals surface area contributed by atoms with Crippen LogP contribution in [0.25, 0.3) is 11.1 Å². The number of nitrogens with zero attached hydrogens (tertiary/aromatic N) is 1. The molecule has 3 aromatic carbocycles. The highest BCUT2D eigenvalue weighted by Gasteiger charge is 2.69.